The molecule has 3 heteroatoms. The minimum atomic E-state index is 0.305. The van der Waals surface area contributed by atoms with Crippen molar-refractivity contribution in [2.75, 3.05) is 0 Å². The molecule has 0 bridgehead atoms. The van der Waals surface area contributed by atoms with Gasteiger partial charge in [0.2, 0.25) is 0 Å². The van der Waals surface area contributed by atoms with Gasteiger partial charge in [0.1, 0.15) is 4.62 Å². The third-order valence-electron chi connectivity index (χ3n) is 1.76. The van der Waals surface area contributed by atoms with Gasteiger partial charge in [-0.2, -0.15) is 5.10 Å². The second kappa shape index (κ2) is 2.53. The van der Waals surface area contributed by atoms with Gasteiger partial charge in [-0.1, -0.05) is 20.8 Å². The quantitative estimate of drug-likeness (QED) is 0.643. The normalized spacial score (nSPS) is 26.0. The van der Waals surface area contributed by atoms with E-state index in [-0.39, 0.29) is 0 Å². The Hall–Kier alpha value is -0.0500. The first kappa shape index (κ1) is 8.05. The van der Waals surface area contributed by atoms with E-state index in [1.165, 1.54) is 0 Å². The topological polar surface area (TPSA) is 24.4 Å². The lowest BCUT2D eigenvalue weighted by molar-refractivity contribution is 0.291. The Morgan fingerprint density at radius 3 is 2.40 bits per heavy atom. The Labute approximate surface area is 70.2 Å². The predicted molar refractivity (Wildman–Crippen MR) is 47.4 cm³/mol. The molecule has 1 rings (SSSR count). The van der Waals surface area contributed by atoms with E-state index in [1.807, 2.05) is 0 Å². The van der Waals surface area contributed by atoms with Crippen LogP contribution in [-0.4, -0.2) is 10.7 Å². The van der Waals surface area contributed by atoms with E-state index >= 15 is 0 Å². The molecule has 10 heavy (non-hydrogen) atoms. The number of nitrogens with one attached hydrogen (secondary N) is 1. The van der Waals surface area contributed by atoms with Gasteiger partial charge in [0.15, 0.2) is 0 Å². The molecule has 0 saturated carbocycles. The maximum atomic E-state index is 4.07. The van der Waals surface area contributed by atoms with Crippen LogP contribution in [0.4, 0.5) is 0 Å². The van der Waals surface area contributed by atoms with Gasteiger partial charge in [-0.25, -0.2) is 0 Å². The monoisotopic (exact) mass is 204 g/mol. The van der Waals surface area contributed by atoms with E-state index in [0.717, 1.165) is 11.0 Å². The molecule has 0 saturated heterocycles. The lowest BCUT2D eigenvalue weighted by atomic mass is 9.86. The highest BCUT2D eigenvalue weighted by Gasteiger charge is 2.28. The summed E-state index contributed by atoms with van der Waals surface area (Å²) in [6.07, 6.45) is 1.02. The molecule has 1 aliphatic rings. The van der Waals surface area contributed by atoms with Crippen LogP contribution in [0.15, 0.2) is 5.10 Å². The number of hydrogen-bond donors (Lipinski definition) is 1. The van der Waals surface area contributed by atoms with Gasteiger partial charge in [-0.05, 0) is 21.3 Å². The van der Waals surface area contributed by atoms with E-state index < -0.39 is 0 Å². The SMILES string of the molecule is CC(C)(C)C1CC(Br)=NN1. The molecule has 1 N–H and O–H groups in total. The van der Waals surface area contributed by atoms with Gasteiger partial charge in [-0.15, -0.1) is 0 Å². The Balaban J connectivity index is 2.50. The van der Waals surface area contributed by atoms with Crippen molar-refractivity contribution in [1.82, 2.24) is 5.43 Å². The minimum Gasteiger partial charge on any atom is -0.305 e. The van der Waals surface area contributed by atoms with Gasteiger partial charge >= 0.3 is 0 Å². The molecule has 0 fully saturated rings. The van der Waals surface area contributed by atoms with Crippen molar-refractivity contribution in [1.29, 1.82) is 0 Å². The Kier molecular flexibility index (Phi) is 2.04. The highest BCUT2D eigenvalue weighted by molar-refractivity contribution is 9.18. The number of nitrogens with zero attached hydrogens (tertiary/aromatic N) is 1. The zero-order valence-electron chi connectivity index (χ0n) is 6.61. The molecule has 0 aromatic heterocycles. The summed E-state index contributed by atoms with van der Waals surface area (Å²) in [6.45, 7) is 6.64. The average Bonchev–Trinajstić information content (AvgIpc) is 2.11. The Bertz CT molecular complexity index is 157. The zero-order chi connectivity index (χ0) is 7.78. The number of hydrazone groups is 1. The first-order chi connectivity index (χ1) is 4.50. The lowest BCUT2D eigenvalue weighted by Gasteiger charge is -2.25. The van der Waals surface area contributed by atoms with Crippen LogP contribution in [0.25, 0.3) is 0 Å². The third-order valence-corrected chi connectivity index (χ3v) is 2.26. The summed E-state index contributed by atoms with van der Waals surface area (Å²) in [7, 11) is 0. The molecule has 0 spiro atoms. The molecule has 1 aliphatic heterocycles. The summed E-state index contributed by atoms with van der Waals surface area (Å²) in [4.78, 5) is 0. The van der Waals surface area contributed by atoms with Crippen LogP contribution in [0.5, 0.6) is 0 Å². The molecular formula is C7H13BrN2. The smallest absolute Gasteiger partial charge is 0.105 e. The van der Waals surface area contributed by atoms with Crippen molar-refractivity contribution in [3.63, 3.8) is 0 Å². The maximum absolute atomic E-state index is 4.07. The first-order valence-corrected chi connectivity index (χ1v) is 4.27. The molecule has 2 nitrogen and oxygen atoms in total. The van der Waals surface area contributed by atoms with Gasteiger partial charge in [0.25, 0.3) is 0 Å². The summed E-state index contributed by atoms with van der Waals surface area (Å²) < 4.78 is 1.03. The molecule has 58 valence electrons. The number of halogens is 1. The molecule has 0 aliphatic carbocycles. The van der Waals surface area contributed by atoms with Crippen molar-refractivity contribution in [2.45, 2.75) is 33.2 Å². The van der Waals surface area contributed by atoms with Crippen LogP contribution in [0.3, 0.4) is 0 Å². The van der Waals surface area contributed by atoms with Crippen molar-refractivity contribution in [3.8, 4) is 0 Å². The van der Waals surface area contributed by atoms with E-state index in [0.29, 0.717) is 11.5 Å². The predicted octanol–water partition coefficient (Wildman–Crippen LogP) is 2.10. The van der Waals surface area contributed by atoms with E-state index in [2.05, 4.69) is 47.2 Å². The Morgan fingerprint density at radius 2 is 2.20 bits per heavy atom. The molecule has 0 aromatic rings. The molecule has 0 aromatic carbocycles. The van der Waals surface area contributed by atoms with Gasteiger partial charge < -0.3 is 5.43 Å². The fourth-order valence-electron chi connectivity index (χ4n) is 0.908. The van der Waals surface area contributed by atoms with Crippen LogP contribution in [0, 0.1) is 5.41 Å². The molecule has 1 unspecified atom stereocenters. The van der Waals surface area contributed by atoms with Gasteiger partial charge in [0.05, 0.1) is 6.04 Å². The number of hydrogen-bond acceptors (Lipinski definition) is 2. The summed E-state index contributed by atoms with van der Waals surface area (Å²) in [5.74, 6) is 0. The standard InChI is InChI=1S/C7H13BrN2/c1-7(2,3)5-4-6(8)10-9-5/h5,9H,4H2,1-3H3. The molecule has 1 atom stereocenters. The van der Waals surface area contributed by atoms with Crippen LogP contribution in [-0.2, 0) is 0 Å². The van der Waals surface area contributed by atoms with Crippen molar-refractivity contribution >= 4 is 20.6 Å². The fourth-order valence-corrected chi connectivity index (χ4v) is 1.33. The van der Waals surface area contributed by atoms with E-state index in [9.17, 15) is 0 Å². The highest BCUT2D eigenvalue weighted by Crippen LogP contribution is 2.25. The van der Waals surface area contributed by atoms with Crippen molar-refractivity contribution < 1.29 is 0 Å². The average molecular weight is 205 g/mol. The van der Waals surface area contributed by atoms with Crippen molar-refractivity contribution in [3.05, 3.63) is 0 Å². The summed E-state index contributed by atoms with van der Waals surface area (Å²) >= 11 is 3.36. The highest BCUT2D eigenvalue weighted by atomic mass is 79.9. The van der Waals surface area contributed by atoms with Crippen LogP contribution in [0.2, 0.25) is 0 Å². The second-order valence-electron chi connectivity index (χ2n) is 3.74. The molecule has 0 amide bonds. The summed E-state index contributed by atoms with van der Waals surface area (Å²) in [6, 6.07) is 0.488. The third kappa shape index (κ3) is 1.72. The fraction of sp³-hybridized carbons (Fsp3) is 0.857. The van der Waals surface area contributed by atoms with Crippen molar-refractivity contribution in [2.24, 2.45) is 10.5 Å². The lowest BCUT2D eigenvalue weighted by Crippen LogP contribution is -2.34. The van der Waals surface area contributed by atoms with Gasteiger partial charge in [-0.3, -0.25) is 0 Å². The zero-order valence-corrected chi connectivity index (χ0v) is 8.20. The van der Waals surface area contributed by atoms with Crippen LogP contribution in [0.1, 0.15) is 27.2 Å². The molecule has 1 heterocycles. The molecular weight excluding hydrogens is 192 g/mol. The minimum absolute atomic E-state index is 0.305. The maximum Gasteiger partial charge on any atom is 0.105 e. The van der Waals surface area contributed by atoms with E-state index in [1.54, 1.807) is 0 Å². The molecule has 0 radical (unpaired) electrons. The largest absolute Gasteiger partial charge is 0.305 e. The Morgan fingerprint density at radius 1 is 1.60 bits per heavy atom. The number of rotatable bonds is 0. The summed E-state index contributed by atoms with van der Waals surface area (Å²) in [5.41, 5.74) is 3.39. The van der Waals surface area contributed by atoms with E-state index in [4.69, 9.17) is 0 Å². The van der Waals surface area contributed by atoms with Crippen LogP contribution < -0.4 is 5.43 Å². The van der Waals surface area contributed by atoms with Crippen LogP contribution >= 0.6 is 15.9 Å². The second-order valence-corrected chi connectivity index (χ2v) is 4.66. The van der Waals surface area contributed by atoms with Gasteiger partial charge in [0, 0.05) is 6.42 Å². The first-order valence-electron chi connectivity index (χ1n) is 3.48. The summed E-state index contributed by atoms with van der Waals surface area (Å²) in [5, 5.41) is 4.07.